The van der Waals surface area contributed by atoms with Gasteiger partial charge in [-0.05, 0) is 60.0 Å². The van der Waals surface area contributed by atoms with Crippen LogP contribution < -0.4 is 9.80 Å². The predicted octanol–water partition coefficient (Wildman–Crippen LogP) is 6.28. The van der Waals surface area contributed by atoms with Gasteiger partial charge >= 0.3 is 6.18 Å². The third-order valence-corrected chi connectivity index (χ3v) is 7.55. The first-order chi connectivity index (χ1) is 19.1. The van der Waals surface area contributed by atoms with Gasteiger partial charge in [0.05, 0.1) is 11.3 Å². The first-order valence-corrected chi connectivity index (χ1v) is 12.9. The van der Waals surface area contributed by atoms with Gasteiger partial charge in [0.2, 0.25) is 0 Å². The number of amides is 3. The molecular formula is C30H21ClF3N3O3. The fourth-order valence-corrected chi connectivity index (χ4v) is 5.53. The van der Waals surface area contributed by atoms with Gasteiger partial charge in [-0.2, -0.15) is 13.2 Å². The minimum atomic E-state index is -4.63. The maximum Gasteiger partial charge on any atom is 0.416 e. The van der Waals surface area contributed by atoms with Gasteiger partial charge in [-0.1, -0.05) is 35.9 Å². The van der Waals surface area contributed by atoms with E-state index < -0.39 is 23.6 Å². The summed E-state index contributed by atoms with van der Waals surface area (Å²) < 4.78 is 40.0. The molecule has 6 nitrogen and oxygen atoms in total. The molecule has 0 aromatic heterocycles. The van der Waals surface area contributed by atoms with Crippen LogP contribution in [0.3, 0.4) is 0 Å². The molecule has 4 aromatic carbocycles. The van der Waals surface area contributed by atoms with Crippen LogP contribution in [0.4, 0.5) is 24.5 Å². The lowest BCUT2D eigenvalue weighted by Crippen LogP contribution is -2.49. The largest absolute Gasteiger partial charge is 0.416 e. The highest BCUT2D eigenvalue weighted by atomic mass is 35.5. The number of piperazine rings is 1. The van der Waals surface area contributed by atoms with E-state index in [2.05, 4.69) is 4.90 Å². The van der Waals surface area contributed by atoms with Crippen LogP contribution in [-0.4, -0.2) is 48.8 Å². The molecule has 0 radical (unpaired) electrons. The molecule has 0 spiro atoms. The van der Waals surface area contributed by atoms with Crippen LogP contribution in [0.1, 0.15) is 36.6 Å². The molecule has 0 N–H and O–H groups in total. The van der Waals surface area contributed by atoms with Crippen LogP contribution in [0.15, 0.2) is 78.9 Å². The van der Waals surface area contributed by atoms with Gasteiger partial charge in [0.15, 0.2) is 0 Å². The van der Waals surface area contributed by atoms with E-state index in [1.165, 1.54) is 18.2 Å². The topological polar surface area (TPSA) is 60.9 Å². The molecule has 0 bridgehead atoms. The van der Waals surface area contributed by atoms with E-state index in [-0.39, 0.29) is 22.7 Å². The number of carbonyl (C=O) groups is 3. The predicted molar refractivity (Wildman–Crippen MR) is 146 cm³/mol. The zero-order chi connectivity index (χ0) is 28.2. The Morgan fingerprint density at radius 1 is 0.750 bits per heavy atom. The molecule has 6 rings (SSSR count). The molecule has 202 valence electrons. The smallest absolute Gasteiger partial charge is 0.368 e. The summed E-state index contributed by atoms with van der Waals surface area (Å²) in [4.78, 5) is 45.2. The number of hydrogen-bond acceptors (Lipinski definition) is 4. The summed E-state index contributed by atoms with van der Waals surface area (Å²) in [7, 11) is 0. The molecule has 0 unspecified atom stereocenters. The Kier molecular flexibility index (Phi) is 6.26. The summed E-state index contributed by atoms with van der Waals surface area (Å²) in [6.07, 6.45) is -4.63. The van der Waals surface area contributed by atoms with Crippen LogP contribution in [0, 0.1) is 0 Å². The highest BCUT2D eigenvalue weighted by Crippen LogP contribution is 2.37. The first-order valence-electron chi connectivity index (χ1n) is 12.5. The number of benzene rings is 4. The number of alkyl halides is 3. The summed E-state index contributed by atoms with van der Waals surface area (Å²) in [6, 6.07) is 19.4. The molecule has 0 saturated carbocycles. The number of rotatable bonds is 3. The number of imide groups is 1. The third-order valence-electron chi connectivity index (χ3n) is 7.31. The second kappa shape index (κ2) is 9.67. The van der Waals surface area contributed by atoms with E-state index in [0.717, 1.165) is 28.8 Å². The molecule has 40 heavy (non-hydrogen) atoms. The molecule has 0 aliphatic carbocycles. The Morgan fingerprint density at radius 2 is 1.40 bits per heavy atom. The minimum absolute atomic E-state index is 0.143. The fourth-order valence-electron chi connectivity index (χ4n) is 5.35. The Bertz CT molecular complexity index is 1670. The van der Waals surface area contributed by atoms with Gasteiger partial charge in [-0.3, -0.25) is 14.4 Å². The third kappa shape index (κ3) is 4.36. The minimum Gasteiger partial charge on any atom is -0.368 e. The van der Waals surface area contributed by atoms with Crippen molar-refractivity contribution in [2.45, 2.75) is 6.18 Å². The SMILES string of the molecule is O=C(c1ccc2c3c(cccc13)C(=O)N(c1cccc(C(F)(F)F)c1)C2=O)N1CCN(c2cccc(Cl)c2)CC1. The molecule has 3 amide bonds. The van der Waals surface area contributed by atoms with E-state index in [1.54, 1.807) is 29.2 Å². The second-order valence-electron chi connectivity index (χ2n) is 9.64. The van der Waals surface area contributed by atoms with Gasteiger partial charge in [-0.25, -0.2) is 4.90 Å². The zero-order valence-corrected chi connectivity index (χ0v) is 21.7. The van der Waals surface area contributed by atoms with E-state index in [1.807, 2.05) is 18.2 Å². The molecule has 10 heteroatoms. The van der Waals surface area contributed by atoms with Crippen molar-refractivity contribution in [1.82, 2.24) is 4.90 Å². The fraction of sp³-hybridized carbons (Fsp3) is 0.167. The number of nitrogens with zero attached hydrogens (tertiary/aromatic N) is 3. The molecule has 1 saturated heterocycles. The van der Waals surface area contributed by atoms with Gasteiger partial charge in [0.1, 0.15) is 0 Å². The lowest BCUT2D eigenvalue weighted by molar-refractivity contribution is -0.137. The molecular weight excluding hydrogens is 543 g/mol. The van der Waals surface area contributed by atoms with Crippen LogP contribution in [-0.2, 0) is 6.18 Å². The van der Waals surface area contributed by atoms with Crippen molar-refractivity contribution in [3.63, 3.8) is 0 Å². The quantitative estimate of drug-likeness (QED) is 0.276. The lowest BCUT2D eigenvalue weighted by atomic mass is 9.90. The Labute approximate surface area is 232 Å². The Morgan fingerprint density at radius 3 is 2.10 bits per heavy atom. The van der Waals surface area contributed by atoms with Crippen molar-refractivity contribution in [2.75, 3.05) is 36.0 Å². The van der Waals surface area contributed by atoms with Crippen LogP contribution in [0.5, 0.6) is 0 Å². The highest BCUT2D eigenvalue weighted by molar-refractivity contribution is 6.36. The second-order valence-corrected chi connectivity index (χ2v) is 10.1. The molecule has 2 aliphatic heterocycles. The number of carbonyl (C=O) groups excluding carboxylic acids is 3. The molecule has 2 heterocycles. The summed E-state index contributed by atoms with van der Waals surface area (Å²) in [5.74, 6) is -1.72. The van der Waals surface area contributed by atoms with E-state index >= 15 is 0 Å². The van der Waals surface area contributed by atoms with Gasteiger partial charge in [0, 0.05) is 59.0 Å². The van der Waals surface area contributed by atoms with E-state index in [9.17, 15) is 27.6 Å². The summed E-state index contributed by atoms with van der Waals surface area (Å²) >= 11 is 6.12. The van der Waals surface area contributed by atoms with Crippen molar-refractivity contribution in [3.8, 4) is 0 Å². The number of anilines is 2. The number of hydrogen-bond donors (Lipinski definition) is 0. The van der Waals surface area contributed by atoms with Crippen molar-refractivity contribution < 1.29 is 27.6 Å². The van der Waals surface area contributed by atoms with Crippen LogP contribution >= 0.6 is 11.6 Å². The average Bonchev–Trinajstić information content (AvgIpc) is 2.95. The van der Waals surface area contributed by atoms with Crippen LogP contribution in [0.25, 0.3) is 10.8 Å². The molecule has 1 fully saturated rings. The van der Waals surface area contributed by atoms with Crippen molar-refractivity contribution in [2.24, 2.45) is 0 Å². The number of halogens is 4. The van der Waals surface area contributed by atoms with Gasteiger partial charge in [0.25, 0.3) is 17.7 Å². The van der Waals surface area contributed by atoms with Crippen molar-refractivity contribution in [1.29, 1.82) is 0 Å². The van der Waals surface area contributed by atoms with E-state index in [0.29, 0.717) is 47.5 Å². The van der Waals surface area contributed by atoms with Gasteiger partial charge < -0.3 is 9.80 Å². The van der Waals surface area contributed by atoms with Crippen molar-refractivity contribution in [3.05, 3.63) is 106 Å². The molecule has 2 aliphatic rings. The monoisotopic (exact) mass is 563 g/mol. The summed E-state index contributed by atoms with van der Waals surface area (Å²) in [5, 5.41) is 1.40. The lowest BCUT2D eigenvalue weighted by Gasteiger charge is -2.36. The maximum atomic E-state index is 13.6. The molecule has 4 aromatic rings. The first kappa shape index (κ1) is 25.9. The maximum absolute atomic E-state index is 13.6. The zero-order valence-electron chi connectivity index (χ0n) is 20.9. The Hall–Kier alpha value is -4.37. The normalized spacial score (nSPS) is 15.7. The Balaban J connectivity index is 1.31. The average molecular weight is 564 g/mol. The summed E-state index contributed by atoms with van der Waals surface area (Å²) in [6.45, 7) is 2.15. The standard InChI is InChI=1S/C30H21ClF3N3O3/c31-19-5-2-6-20(17-19)35-12-14-36(15-13-35)27(38)23-10-11-25-26-22(23)8-3-9-24(26)28(39)37(29(25)40)21-7-1-4-18(16-21)30(32,33)34/h1-11,16-17H,12-15H2. The highest BCUT2D eigenvalue weighted by Gasteiger charge is 2.37. The van der Waals surface area contributed by atoms with Crippen LogP contribution in [0.2, 0.25) is 5.02 Å². The molecule has 0 atom stereocenters. The van der Waals surface area contributed by atoms with E-state index in [4.69, 9.17) is 11.6 Å². The van der Waals surface area contributed by atoms with Gasteiger partial charge in [-0.15, -0.1) is 0 Å². The van der Waals surface area contributed by atoms with Crippen molar-refractivity contribution >= 4 is 51.5 Å². The summed E-state index contributed by atoms with van der Waals surface area (Å²) in [5.41, 5.74) is 0.472.